The third-order valence-electron chi connectivity index (χ3n) is 4.77. The van der Waals surface area contributed by atoms with Gasteiger partial charge in [-0.1, -0.05) is 24.3 Å². The summed E-state index contributed by atoms with van der Waals surface area (Å²) in [6, 6.07) is 11.6. The lowest BCUT2D eigenvalue weighted by molar-refractivity contribution is -0.274. The standard InChI is InChI=1S/C20H21F3N2O4S/c1-15(26)17-3-2-4-19(13-17)30(27,28)25-11-9-24(10-12-25)14-16-5-7-18(8-6-16)29-20(21,22)23/h2-8,13H,9-12,14H2,1H3. The molecule has 0 N–H and O–H groups in total. The van der Waals surface area contributed by atoms with Gasteiger partial charge in [0, 0.05) is 38.3 Å². The third kappa shape index (κ3) is 5.59. The molecule has 2 aromatic rings. The van der Waals surface area contributed by atoms with Crippen molar-refractivity contribution in [1.82, 2.24) is 9.21 Å². The molecular formula is C20H21F3N2O4S. The predicted molar refractivity (Wildman–Crippen MR) is 104 cm³/mol. The Morgan fingerprint density at radius 3 is 2.23 bits per heavy atom. The normalized spacial score (nSPS) is 16.4. The summed E-state index contributed by atoms with van der Waals surface area (Å²) < 4.78 is 67.7. The van der Waals surface area contributed by atoms with Gasteiger partial charge in [0.1, 0.15) is 5.75 Å². The van der Waals surface area contributed by atoms with Crippen LogP contribution in [0.5, 0.6) is 5.75 Å². The average molecular weight is 442 g/mol. The summed E-state index contributed by atoms with van der Waals surface area (Å²) in [7, 11) is -3.71. The Balaban J connectivity index is 1.59. The first-order valence-electron chi connectivity index (χ1n) is 9.23. The minimum Gasteiger partial charge on any atom is -0.406 e. The van der Waals surface area contributed by atoms with Crippen LogP contribution in [0.1, 0.15) is 22.8 Å². The quantitative estimate of drug-likeness (QED) is 0.643. The number of hydrogen-bond acceptors (Lipinski definition) is 5. The van der Waals surface area contributed by atoms with Gasteiger partial charge in [0.2, 0.25) is 10.0 Å². The van der Waals surface area contributed by atoms with Crippen LogP contribution < -0.4 is 4.74 Å². The molecule has 1 fully saturated rings. The molecule has 0 amide bonds. The summed E-state index contributed by atoms with van der Waals surface area (Å²) in [4.78, 5) is 13.6. The van der Waals surface area contributed by atoms with E-state index in [2.05, 4.69) is 4.74 Å². The van der Waals surface area contributed by atoms with Crippen LogP contribution in [-0.4, -0.2) is 55.9 Å². The van der Waals surface area contributed by atoms with Crippen molar-refractivity contribution in [3.05, 3.63) is 59.7 Å². The second-order valence-electron chi connectivity index (χ2n) is 6.96. The first-order chi connectivity index (χ1) is 14.0. The number of carbonyl (C=O) groups is 1. The highest BCUT2D eigenvalue weighted by atomic mass is 32.2. The topological polar surface area (TPSA) is 66.9 Å². The molecule has 1 aliphatic heterocycles. The zero-order valence-electron chi connectivity index (χ0n) is 16.2. The Hall–Kier alpha value is -2.43. The highest BCUT2D eigenvalue weighted by molar-refractivity contribution is 7.89. The monoisotopic (exact) mass is 442 g/mol. The van der Waals surface area contributed by atoms with E-state index in [1.54, 1.807) is 24.3 Å². The molecule has 10 heteroatoms. The van der Waals surface area contributed by atoms with Crippen LogP contribution >= 0.6 is 0 Å². The molecule has 0 radical (unpaired) electrons. The number of hydrogen-bond donors (Lipinski definition) is 0. The Morgan fingerprint density at radius 2 is 1.67 bits per heavy atom. The lowest BCUT2D eigenvalue weighted by Gasteiger charge is -2.34. The van der Waals surface area contributed by atoms with Gasteiger partial charge in [0.25, 0.3) is 0 Å². The summed E-state index contributed by atoms with van der Waals surface area (Å²) in [5.74, 6) is -0.488. The van der Waals surface area contributed by atoms with Crippen LogP contribution in [0.3, 0.4) is 0 Å². The Labute approximate surface area is 172 Å². The number of ketones is 1. The smallest absolute Gasteiger partial charge is 0.406 e. The van der Waals surface area contributed by atoms with Crippen molar-refractivity contribution in [3.8, 4) is 5.75 Å². The van der Waals surface area contributed by atoms with E-state index in [1.165, 1.54) is 35.5 Å². The van der Waals surface area contributed by atoms with Gasteiger partial charge in [0.05, 0.1) is 4.90 Å². The van der Waals surface area contributed by atoms with Gasteiger partial charge in [-0.15, -0.1) is 13.2 Å². The van der Waals surface area contributed by atoms with E-state index in [1.807, 2.05) is 4.90 Å². The molecule has 1 heterocycles. The van der Waals surface area contributed by atoms with Gasteiger partial charge in [-0.05, 0) is 36.8 Å². The van der Waals surface area contributed by atoms with E-state index >= 15 is 0 Å². The zero-order valence-corrected chi connectivity index (χ0v) is 17.0. The van der Waals surface area contributed by atoms with Crippen LogP contribution in [0.25, 0.3) is 0 Å². The summed E-state index contributed by atoms with van der Waals surface area (Å²) in [6.07, 6.45) is -4.73. The molecule has 3 rings (SSSR count). The van der Waals surface area contributed by atoms with Crippen LogP contribution in [0.15, 0.2) is 53.4 Å². The van der Waals surface area contributed by atoms with E-state index < -0.39 is 16.4 Å². The number of ether oxygens (including phenoxy) is 1. The lowest BCUT2D eigenvalue weighted by atomic mass is 10.2. The van der Waals surface area contributed by atoms with Gasteiger partial charge in [0.15, 0.2) is 5.78 Å². The summed E-state index contributed by atoms with van der Waals surface area (Å²) in [5, 5.41) is 0. The summed E-state index contributed by atoms with van der Waals surface area (Å²) in [5.41, 5.74) is 1.14. The van der Waals surface area contributed by atoms with Gasteiger partial charge < -0.3 is 4.74 Å². The molecule has 1 aliphatic rings. The third-order valence-corrected chi connectivity index (χ3v) is 6.67. The van der Waals surface area contributed by atoms with Crippen LogP contribution in [0, 0.1) is 0 Å². The lowest BCUT2D eigenvalue weighted by Crippen LogP contribution is -2.48. The molecule has 0 saturated carbocycles. The van der Waals surface area contributed by atoms with Crippen molar-refractivity contribution >= 4 is 15.8 Å². The predicted octanol–water partition coefficient (Wildman–Crippen LogP) is 3.29. The van der Waals surface area contributed by atoms with Crippen molar-refractivity contribution in [2.24, 2.45) is 0 Å². The second kappa shape index (κ2) is 8.75. The number of halogens is 3. The second-order valence-corrected chi connectivity index (χ2v) is 8.89. The van der Waals surface area contributed by atoms with Crippen molar-refractivity contribution in [3.63, 3.8) is 0 Å². The molecule has 6 nitrogen and oxygen atoms in total. The van der Waals surface area contributed by atoms with Crippen LogP contribution in [0.2, 0.25) is 0 Å². The first kappa shape index (κ1) is 22.3. The molecule has 0 aromatic heterocycles. The number of carbonyl (C=O) groups excluding carboxylic acids is 1. The maximum atomic E-state index is 12.9. The Morgan fingerprint density at radius 1 is 1.03 bits per heavy atom. The maximum absolute atomic E-state index is 12.9. The number of Topliss-reactive ketones (excluding diaryl/α,β-unsaturated/α-hetero) is 1. The molecule has 2 aromatic carbocycles. The maximum Gasteiger partial charge on any atom is 0.573 e. The fourth-order valence-electron chi connectivity index (χ4n) is 3.21. The number of rotatable bonds is 6. The van der Waals surface area contributed by atoms with Gasteiger partial charge in [-0.2, -0.15) is 4.31 Å². The zero-order chi connectivity index (χ0) is 21.9. The van der Waals surface area contributed by atoms with Crippen molar-refractivity contribution < 1.29 is 31.1 Å². The van der Waals surface area contributed by atoms with Crippen molar-refractivity contribution in [2.45, 2.75) is 24.7 Å². The molecule has 0 spiro atoms. The van der Waals surface area contributed by atoms with E-state index in [4.69, 9.17) is 0 Å². The molecule has 0 aliphatic carbocycles. The largest absolute Gasteiger partial charge is 0.573 e. The number of nitrogens with zero attached hydrogens (tertiary/aromatic N) is 2. The van der Waals surface area contributed by atoms with E-state index in [0.29, 0.717) is 25.2 Å². The minimum absolute atomic E-state index is 0.0869. The summed E-state index contributed by atoms with van der Waals surface area (Å²) in [6.45, 7) is 3.38. The van der Waals surface area contributed by atoms with Gasteiger partial charge in [-0.25, -0.2) is 8.42 Å². The SMILES string of the molecule is CC(=O)c1cccc(S(=O)(=O)N2CCN(Cc3ccc(OC(F)(F)F)cc3)CC2)c1. The Bertz CT molecular complexity index is 999. The summed E-state index contributed by atoms with van der Waals surface area (Å²) >= 11 is 0. The number of sulfonamides is 1. The first-order valence-corrected chi connectivity index (χ1v) is 10.7. The van der Waals surface area contributed by atoms with Crippen molar-refractivity contribution in [1.29, 1.82) is 0 Å². The van der Waals surface area contributed by atoms with Gasteiger partial charge in [-0.3, -0.25) is 9.69 Å². The molecule has 0 atom stereocenters. The van der Waals surface area contributed by atoms with Crippen LogP contribution in [0.4, 0.5) is 13.2 Å². The van der Waals surface area contributed by atoms with E-state index in [0.717, 1.165) is 5.56 Å². The fraction of sp³-hybridized carbons (Fsp3) is 0.350. The van der Waals surface area contributed by atoms with Crippen LogP contribution in [-0.2, 0) is 16.6 Å². The highest BCUT2D eigenvalue weighted by Gasteiger charge is 2.31. The van der Waals surface area contributed by atoms with Gasteiger partial charge >= 0.3 is 6.36 Å². The molecule has 1 saturated heterocycles. The molecule has 162 valence electrons. The molecule has 30 heavy (non-hydrogen) atoms. The van der Waals surface area contributed by atoms with Crippen molar-refractivity contribution in [2.75, 3.05) is 26.2 Å². The fourth-order valence-corrected chi connectivity index (χ4v) is 4.68. The molecule has 0 unspecified atom stereocenters. The average Bonchev–Trinajstić information content (AvgIpc) is 2.69. The number of alkyl halides is 3. The Kier molecular flexibility index (Phi) is 6.49. The number of benzene rings is 2. The minimum atomic E-state index is -4.73. The number of piperazine rings is 1. The molecule has 0 bridgehead atoms. The molecular weight excluding hydrogens is 421 g/mol. The van der Waals surface area contributed by atoms with E-state index in [-0.39, 0.29) is 29.5 Å². The van der Waals surface area contributed by atoms with E-state index in [9.17, 15) is 26.4 Å². The highest BCUT2D eigenvalue weighted by Crippen LogP contribution is 2.24.